The van der Waals surface area contributed by atoms with Gasteiger partial charge in [0, 0.05) is 11.6 Å². The van der Waals surface area contributed by atoms with E-state index < -0.39 is 0 Å². The number of rotatable bonds is 6. The van der Waals surface area contributed by atoms with Crippen LogP contribution in [0.4, 0.5) is 0 Å². The molecule has 0 aliphatic carbocycles. The number of hydrogen-bond donors (Lipinski definition) is 1. The van der Waals surface area contributed by atoms with Crippen molar-refractivity contribution < 1.29 is 0 Å². The topological polar surface area (TPSA) is 12.0 Å². The molecule has 2 heteroatoms. The Kier molecular flexibility index (Phi) is 5.30. The highest BCUT2D eigenvalue weighted by Crippen LogP contribution is 2.26. The van der Waals surface area contributed by atoms with Gasteiger partial charge in [0.1, 0.15) is 0 Å². The lowest BCUT2D eigenvalue weighted by Crippen LogP contribution is -2.33. The summed E-state index contributed by atoms with van der Waals surface area (Å²) in [4.78, 5) is 0. The van der Waals surface area contributed by atoms with Crippen molar-refractivity contribution >= 4 is 11.6 Å². The van der Waals surface area contributed by atoms with Crippen LogP contribution in [0.2, 0.25) is 5.02 Å². The lowest BCUT2D eigenvalue weighted by Gasteiger charge is -2.28. The van der Waals surface area contributed by atoms with Crippen molar-refractivity contribution in [2.75, 3.05) is 13.1 Å². The summed E-state index contributed by atoms with van der Waals surface area (Å²) in [5.41, 5.74) is 1.65. The average Bonchev–Trinajstić information content (AvgIpc) is 2.26. The molecular formula is C14H22ClN. The Bertz CT molecular complexity index is 324. The van der Waals surface area contributed by atoms with Gasteiger partial charge in [-0.2, -0.15) is 0 Å². The Morgan fingerprint density at radius 1 is 1.31 bits per heavy atom. The molecule has 1 rings (SSSR count). The average molecular weight is 240 g/mol. The Labute approximate surface area is 104 Å². The SMILES string of the molecule is CCNCC(C)(CC)Cc1cccc(Cl)c1. The van der Waals surface area contributed by atoms with Gasteiger partial charge in [0.15, 0.2) is 0 Å². The van der Waals surface area contributed by atoms with Gasteiger partial charge in [-0.25, -0.2) is 0 Å². The first-order valence-electron chi connectivity index (χ1n) is 6.05. The van der Waals surface area contributed by atoms with Crippen molar-refractivity contribution in [2.24, 2.45) is 5.41 Å². The van der Waals surface area contributed by atoms with Crippen LogP contribution in [-0.4, -0.2) is 13.1 Å². The van der Waals surface area contributed by atoms with Crippen molar-refractivity contribution in [1.29, 1.82) is 0 Å². The maximum atomic E-state index is 6.01. The van der Waals surface area contributed by atoms with E-state index in [1.165, 1.54) is 12.0 Å². The maximum absolute atomic E-state index is 6.01. The van der Waals surface area contributed by atoms with Crippen LogP contribution in [-0.2, 0) is 6.42 Å². The zero-order chi connectivity index (χ0) is 12.0. The van der Waals surface area contributed by atoms with E-state index in [9.17, 15) is 0 Å². The maximum Gasteiger partial charge on any atom is 0.0408 e. The number of halogens is 1. The van der Waals surface area contributed by atoms with Crippen LogP contribution in [0.1, 0.15) is 32.8 Å². The molecule has 0 aliphatic rings. The zero-order valence-electron chi connectivity index (χ0n) is 10.5. The molecule has 1 nitrogen and oxygen atoms in total. The van der Waals surface area contributed by atoms with E-state index in [2.05, 4.69) is 38.2 Å². The summed E-state index contributed by atoms with van der Waals surface area (Å²) in [6.45, 7) is 8.82. The molecule has 90 valence electrons. The molecule has 1 N–H and O–H groups in total. The molecule has 1 atom stereocenters. The van der Waals surface area contributed by atoms with Crippen LogP contribution in [0.15, 0.2) is 24.3 Å². The fourth-order valence-corrected chi connectivity index (χ4v) is 2.09. The molecule has 0 amide bonds. The molecule has 1 aromatic carbocycles. The second-order valence-corrected chi connectivity index (χ2v) is 5.19. The summed E-state index contributed by atoms with van der Waals surface area (Å²) in [6.07, 6.45) is 2.25. The minimum Gasteiger partial charge on any atom is -0.316 e. The molecule has 1 aromatic rings. The molecule has 0 aromatic heterocycles. The largest absolute Gasteiger partial charge is 0.316 e. The highest BCUT2D eigenvalue weighted by molar-refractivity contribution is 6.30. The van der Waals surface area contributed by atoms with Gasteiger partial charge in [-0.3, -0.25) is 0 Å². The predicted octanol–water partition coefficient (Wildman–Crippen LogP) is 3.91. The van der Waals surface area contributed by atoms with E-state index in [4.69, 9.17) is 11.6 Å². The minimum atomic E-state index is 0.320. The van der Waals surface area contributed by atoms with Crippen LogP contribution >= 0.6 is 11.6 Å². The van der Waals surface area contributed by atoms with Crippen LogP contribution in [0.5, 0.6) is 0 Å². The summed E-state index contributed by atoms with van der Waals surface area (Å²) in [5.74, 6) is 0. The van der Waals surface area contributed by atoms with E-state index in [1.54, 1.807) is 0 Å². The Hall–Kier alpha value is -0.530. The summed E-state index contributed by atoms with van der Waals surface area (Å²) in [7, 11) is 0. The van der Waals surface area contributed by atoms with Crippen LogP contribution in [0.25, 0.3) is 0 Å². The normalized spacial score (nSPS) is 14.8. The molecule has 0 heterocycles. The smallest absolute Gasteiger partial charge is 0.0408 e. The number of hydrogen-bond acceptors (Lipinski definition) is 1. The van der Waals surface area contributed by atoms with Crippen LogP contribution in [0, 0.1) is 5.41 Å². The van der Waals surface area contributed by atoms with Gasteiger partial charge in [0.2, 0.25) is 0 Å². The summed E-state index contributed by atoms with van der Waals surface area (Å²) in [5, 5.41) is 4.27. The molecule has 0 aliphatic heterocycles. The molecule has 0 saturated carbocycles. The summed E-state index contributed by atoms with van der Waals surface area (Å²) < 4.78 is 0. The lowest BCUT2D eigenvalue weighted by molar-refractivity contribution is 0.293. The third-order valence-electron chi connectivity index (χ3n) is 3.18. The fraction of sp³-hybridized carbons (Fsp3) is 0.571. The second kappa shape index (κ2) is 6.27. The number of benzene rings is 1. The van der Waals surface area contributed by atoms with Crippen molar-refractivity contribution in [3.63, 3.8) is 0 Å². The van der Waals surface area contributed by atoms with Gasteiger partial charge in [0.25, 0.3) is 0 Å². The van der Waals surface area contributed by atoms with Crippen molar-refractivity contribution in [3.05, 3.63) is 34.9 Å². The number of nitrogens with one attached hydrogen (secondary N) is 1. The van der Waals surface area contributed by atoms with E-state index in [-0.39, 0.29) is 0 Å². The molecule has 0 fully saturated rings. The quantitative estimate of drug-likeness (QED) is 0.794. The molecule has 0 spiro atoms. The minimum absolute atomic E-state index is 0.320. The Morgan fingerprint density at radius 2 is 2.06 bits per heavy atom. The molecule has 16 heavy (non-hydrogen) atoms. The van der Waals surface area contributed by atoms with Crippen LogP contribution in [0.3, 0.4) is 0 Å². The zero-order valence-corrected chi connectivity index (χ0v) is 11.3. The van der Waals surface area contributed by atoms with Gasteiger partial charge < -0.3 is 5.32 Å². The third-order valence-corrected chi connectivity index (χ3v) is 3.41. The highest BCUT2D eigenvalue weighted by Gasteiger charge is 2.21. The highest BCUT2D eigenvalue weighted by atomic mass is 35.5. The van der Waals surface area contributed by atoms with E-state index in [0.29, 0.717) is 5.41 Å². The van der Waals surface area contributed by atoms with Gasteiger partial charge in [-0.15, -0.1) is 0 Å². The summed E-state index contributed by atoms with van der Waals surface area (Å²) >= 11 is 6.01. The first-order chi connectivity index (χ1) is 7.59. The van der Waals surface area contributed by atoms with E-state index >= 15 is 0 Å². The van der Waals surface area contributed by atoms with Crippen molar-refractivity contribution in [3.8, 4) is 0 Å². The molecular weight excluding hydrogens is 218 g/mol. The van der Waals surface area contributed by atoms with E-state index in [1.807, 2.05) is 12.1 Å². The first kappa shape index (κ1) is 13.5. The first-order valence-corrected chi connectivity index (χ1v) is 6.42. The van der Waals surface area contributed by atoms with Crippen molar-refractivity contribution in [1.82, 2.24) is 5.32 Å². The van der Waals surface area contributed by atoms with Crippen LogP contribution < -0.4 is 5.32 Å². The lowest BCUT2D eigenvalue weighted by atomic mass is 9.81. The third kappa shape index (κ3) is 4.15. The van der Waals surface area contributed by atoms with Gasteiger partial charge >= 0.3 is 0 Å². The van der Waals surface area contributed by atoms with Gasteiger partial charge in [0.05, 0.1) is 0 Å². The fourth-order valence-electron chi connectivity index (χ4n) is 1.88. The Morgan fingerprint density at radius 3 is 2.62 bits per heavy atom. The molecule has 0 radical (unpaired) electrons. The molecule has 1 unspecified atom stereocenters. The predicted molar refractivity (Wildman–Crippen MR) is 72.1 cm³/mol. The van der Waals surface area contributed by atoms with Gasteiger partial charge in [-0.05, 0) is 42.5 Å². The Balaban J connectivity index is 2.68. The summed E-state index contributed by atoms with van der Waals surface area (Å²) in [6, 6.07) is 8.19. The standard InChI is InChI=1S/C14H22ClN/c1-4-14(3,11-16-5-2)10-12-7-6-8-13(15)9-12/h6-9,16H,4-5,10-11H2,1-3H3. The monoisotopic (exact) mass is 239 g/mol. The second-order valence-electron chi connectivity index (χ2n) is 4.75. The van der Waals surface area contributed by atoms with Gasteiger partial charge in [-0.1, -0.05) is 44.5 Å². The van der Waals surface area contributed by atoms with Crippen molar-refractivity contribution in [2.45, 2.75) is 33.6 Å². The molecule has 0 saturated heterocycles. The molecule has 0 bridgehead atoms. The van der Waals surface area contributed by atoms with E-state index in [0.717, 1.165) is 24.5 Å².